The summed E-state index contributed by atoms with van der Waals surface area (Å²) in [5.41, 5.74) is 0. The van der Waals surface area contributed by atoms with Crippen molar-refractivity contribution in [3.63, 3.8) is 0 Å². The fraction of sp³-hybridized carbons (Fsp3) is 0.200. The summed E-state index contributed by atoms with van der Waals surface area (Å²) in [6.07, 6.45) is 4.79. The van der Waals surface area contributed by atoms with Crippen LogP contribution in [0.25, 0.3) is 0 Å². The van der Waals surface area contributed by atoms with Gasteiger partial charge in [0.1, 0.15) is 0 Å². The van der Waals surface area contributed by atoms with Crippen LogP contribution in [0, 0.1) is 0 Å². The molecule has 0 rings (SSSR count). The predicted octanol–water partition coefficient (Wildman–Crippen LogP) is 2.12. The van der Waals surface area contributed by atoms with Crippen LogP contribution >= 0.6 is 0 Å². The van der Waals surface area contributed by atoms with E-state index in [-0.39, 0.29) is 0 Å². The minimum absolute atomic E-state index is 1.39. The molecule has 0 N–H and O–H groups in total. The molecule has 38 valence electrons. The molecule has 7 heavy (non-hydrogen) atoms. The standard InChI is InChI=1S/C5H8N2/c1-3-5-7-6-4-2/h3-5H,2H2,1H3/b5-3-,7-6?. The summed E-state index contributed by atoms with van der Waals surface area (Å²) in [4.78, 5) is 0. The first-order chi connectivity index (χ1) is 3.41. The van der Waals surface area contributed by atoms with Gasteiger partial charge in [-0.1, -0.05) is 12.7 Å². The van der Waals surface area contributed by atoms with E-state index in [1.807, 2.05) is 6.92 Å². The second kappa shape index (κ2) is 5.08. The van der Waals surface area contributed by atoms with E-state index in [1.54, 1.807) is 12.3 Å². The molecule has 0 atom stereocenters. The average molecular weight is 96.1 g/mol. The summed E-state index contributed by atoms with van der Waals surface area (Å²) in [5, 5.41) is 7.00. The van der Waals surface area contributed by atoms with Crippen molar-refractivity contribution >= 4 is 0 Å². The summed E-state index contributed by atoms with van der Waals surface area (Å²) in [5.74, 6) is 0. The zero-order valence-corrected chi connectivity index (χ0v) is 4.33. The van der Waals surface area contributed by atoms with Gasteiger partial charge in [0.05, 0.1) is 0 Å². The van der Waals surface area contributed by atoms with Gasteiger partial charge in [-0.15, -0.1) is 0 Å². The van der Waals surface area contributed by atoms with Gasteiger partial charge in [-0.2, -0.15) is 10.2 Å². The van der Waals surface area contributed by atoms with E-state index in [2.05, 4.69) is 16.8 Å². The number of nitrogens with zero attached hydrogens (tertiary/aromatic N) is 2. The quantitative estimate of drug-likeness (QED) is 0.470. The molecule has 0 aromatic heterocycles. The molecule has 0 aromatic rings. The van der Waals surface area contributed by atoms with Crippen molar-refractivity contribution in [1.82, 2.24) is 0 Å². The van der Waals surface area contributed by atoms with Crippen LogP contribution in [-0.2, 0) is 0 Å². The van der Waals surface area contributed by atoms with Gasteiger partial charge < -0.3 is 0 Å². The van der Waals surface area contributed by atoms with Crippen LogP contribution in [0.5, 0.6) is 0 Å². The highest BCUT2D eigenvalue weighted by Crippen LogP contribution is 1.75. The van der Waals surface area contributed by atoms with Gasteiger partial charge in [0.15, 0.2) is 0 Å². The Morgan fingerprint density at radius 3 is 2.57 bits per heavy atom. The largest absolute Gasteiger partial charge is 0.160 e. The number of azo groups is 1. The van der Waals surface area contributed by atoms with Crippen LogP contribution in [0.3, 0.4) is 0 Å². The van der Waals surface area contributed by atoms with E-state index in [0.29, 0.717) is 0 Å². The van der Waals surface area contributed by atoms with E-state index >= 15 is 0 Å². The summed E-state index contributed by atoms with van der Waals surface area (Å²) >= 11 is 0. The smallest absolute Gasteiger partial charge is 0.0452 e. The predicted molar refractivity (Wildman–Crippen MR) is 29.9 cm³/mol. The first-order valence-electron chi connectivity index (χ1n) is 2.04. The molecule has 0 amide bonds. The molecule has 2 nitrogen and oxygen atoms in total. The van der Waals surface area contributed by atoms with Gasteiger partial charge in [0.2, 0.25) is 0 Å². The highest BCUT2D eigenvalue weighted by Gasteiger charge is 1.52. The second-order valence-electron chi connectivity index (χ2n) is 0.896. The van der Waals surface area contributed by atoms with Crippen molar-refractivity contribution < 1.29 is 0 Å². The molecule has 0 bridgehead atoms. The molecule has 0 fully saturated rings. The minimum Gasteiger partial charge on any atom is -0.160 e. The third-order valence-corrected chi connectivity index (χ3v) is 0.364. The summed E-state index contributed by atoms with van der Waals surface area (Å²) in [6, 6.07) is 0. The Morgan fingerprint density at radius 2 is 2.14 bits per heavy atom. The van der Waals surface area contributed by atoms with E-state index in [4.69, 9.17) is 0 Å². The van der Waals surface area contributed by atoms with Crippen molar-refractivity contribution in [2.45, 2.75) is 6.92 Å². The minimum atomic E-state index is 1.39. The van der Waals surface area contributed by atoms with E-state index in [9.17, 15) is 0 Å². The summed E-state index contributed by atoms with van der Waals surface area (Å²) < 4.78 is 0. The van der Waals surface area contributed by atoms with Gasteiger partial charge >= 0.3 is 0 Å². The van der Waals surface area contributed by atoms with Crippen molar-refractivity contribution in [2.75, 3.05) is 0 Å². The van der Waals surface area contributed by atoms with Gasteiger partial charge in [0, 0.05) is 12.4 Å². The molecule has 0 aliphatic rings. The Labute approximate surface area is 43.3 Å². The number of hydrogen-bond donors (Lipinski definition) is 0. The zero-order valence-electron chi connectivity index (χ0n) is 4.33. The Morgan fingerprint density at radius 1 is 1.43 bits per heavy atom. The maximum absolute atomic E-state index is 3.53. The van der Waals surface area contributed by atoms with E-state index in [1.165, 1.54) is 6.20 Å². The molecule has 0 aliphatic carbocycles. The first-order valence-corrected chi connectivity index (χ1v) is 2.04. The molecule has 0 spiro atoms. The normalized spacial score (nSPS) is 11.0. The highest BCUT2D eigenvalue weighted by molar-refractivity contribution is 4.73. The van der Waals surface area contributed by atoms with Crippen LogP contribution in [0.2, 0.25) is 0 Å². The van der Waals surface area contributed by atoms with Crippen LogP contribution in [-0.4, -0.2) is 0 Å². The Kier molecular flexibility index (Phi) is 4.41. The lowest BCUT2D eigenvalue weighted by Gasteiger charge is -1.65. The maximum Gasteiger partial charge on any atom is 0.0452 e. The third-order valence-electron chi connectivity index (χ3n) is 0.364. The fourth-order valence-corrected chi connectivity index (χ4v) is 0.152. The van der Waals surface area contributed by atoms with Crippen molar-refractivity contribution in [3.05, 3.63) is 25.1 Å². The van der Waals surface area contributed by atoms with Crippen molar-refractivity contribution in [3.8, 4) is 0 Å². The Hall–Kier alpha value is -0.920. The lowest BCUT2D eigenvalue weighted by molar-refractivity contribution is 1.22. The lowest BCUT2D eigenvalue weighted by Crippen LogP contribution is -1.41. The van der Waals surface area contributed by atoms with Gasteiger partial charge in [-0.25, -0.2) is 0 Å². The van der Waals surface area contributed by atoms with E-state index in [0.717, 1.165) is 0 Å². The Bertz CT molecular complexity index is 92.3. The molecule has 0 radical (unpaired) electrons. The zero-order chi connectivity index (χ0) is 5.54. The molecule has 0 saturated heterocycles. The number of rotatable bonds is 2. The van der Waals surface area contributed by atoms with Gasteiger partial charge in [-0.3, -0.25) is 0 Å². The maximum atomic E-state index is 3.53. The molecule has 0 aromatic carbocycles. The highest BCUT2D eigenvalue weighted by atomic mass is 15.1. The number of hydrogen-bond acceptors (Lipinski definition) is 2. The Balaban J connectivity index is 3.27. The second-order valence-corrected chi connectivity index (χ2v) is 0.896. The molecule has 0 aliphatic heterocycles. The molecule has 2 heteroatoms. The summed E-state index contributed by atoms with van der Waals surface area (Å²) in [7, 11) is 0. The molecule has 0 heterocycles. The third kappa shape index (κ3) is 5.08. The number of allylic oxidation sites excluding steroid dienone is 1. The SMILES string of the molecule is C=CN=N/C=C\C. The molecule has 0 unspecified atom stereocenters. The van der Waals surface area contributed by atoms with Gasteiger partial charge in [-0.05, 0) is 6.92 Å². The van der Waals surface area contributed by atoms with Crippen LogP contribution in [0.15, 0.2) is 35.3 Å². The van der Waals surface area contributed by atoms with Crippen molar-refractivity contribution in [1.29, 1.82) is 0 Å². The van der Waals surface area contributed by atoms with Crippen molar-refractivity contribution in [2.24, 2.45) is 10.2 Å². The lowest BCUT2D eigenvalue weighted by atomic mass is 10.7. The molecular formula is C5H8N2. The van der Waals surface area contributed by atoms with Gasteiger partial charge in [0.25, 0.3) is 0 Å². The average Bonchev–Trinajstić information content (AvgIpc) is 1.69. The summed E-state index contributed by atoms with van der Waals surface area (Å²) in [6.45, 7) is 5.22. The molecule has 0 saturated carbocycles. The first kappa shape index (κ1) is 6.08. The van der Waals surface area contributed by atoms with E-state index < -0.39 is 0 Å². The van der Waals surface area contributed by atoms with Crippen LogP contribution < -0.4 is 0 Å². The fourth-order valence-electron chi connectivity index (χ4n) is 0.152. The monoisotopic (exact) mass is 96.1 g/mol. The van der Waals surface area contributed by atoms with Crippen LogP contribution in [0.4, 0.5) is 0 Å². The van der Waals surface area contributed by atoms with Crippen LogP contribution in [0.1, 0.15) is 6.92 Å². The topological polar surface area (TPSA) is 24.7 Å². The molecular weight excluding hydrogens is 88.1 g/mol.